The number of aryl methyl sites for hydroxylation is 1. The molecule has 1 aliphatic carbocycles. The summed E-state index contributed by atoms with van der Waals surface area (Å²) >= 11 is 0. The van der Waals surface area contributed by atoms with Crippen LogP contribution < -0.4 is 0 Å². The van der Waals surface area contributed by atoms with Crippen LogP contribution in [0.1, 0.15) is 48.8 Å². The molecular formula is C24H26F2N2O2. The first kappa shape index (κ1) is 20.5. The summed E-state index contributed by atoms with van der Waals surface area (Å²) in [5.74, 6) is -1.28. The van der Waals surface area contributed by atoms with Gasteiger partial charge in [0.2, 0.25) is 5.91 Å². The highest BCUT2D eigenvalue weighted by Gasteiger charge is 2.32. The van der Waals surface area contributed by atoms with Gasteiger partial charge in [0.05, 0.1) is 12.3 Å². The van der Waals surface area contributed by atoms with Crippen LogP contribution in [-0.2, 0) is 16.2 Å². The van der Waals surface area contributed by atoms with Crippen LogP contribution >= 0.6 is 0 Å². The van der Waals surface area contributed by atoms with E-state index in [0.29, 0.717) is 18.5 Å². The van der Waals surface area contributed by atoms with E-state index in [9.17, 15) is 13.6 Å². The zero-order valence-electron chi connectivity index (χ0n) is 17.1. The van der Waals surface area contributed by atoms with Gasteiger partial charge in [-0.25, -0.2) is 8.78 Å². The Morgan fingerprint density at radius 3 is 2.57 bits per heavy atom. The molecular weight excluding hydrogens is 386 g/mol. The third kappa shape index (κ3) is 4.69. The number of carbonyl (C=O) groups is 1. The van der Waals surface area contributed by atoms with E-state index in [1.54, 1.807) is 4.90 Å². The fraction of sp³-hybridized carbons (Fsp3) is 0.417. The summed E-state index contributed by atoms with van der Waals surface area (Å²) in [6.45, 7) is 2.45. The Hall–Kier alpha value is -2.76. The molecule has 4 nitrogen and oxygen atoms in total. The van der Waals surface area contributed by atoms with Gasteiger partial charge in [0.15, 0.2) is 6.10 Å². The molecule has 2 aromatic carbocycles. The number of nitrogens with zero attached hydrogens (tertiary/aromatic N) is 2. The van der Waals surface area contributed by atoms with Crippen molar-refractivity contribution in [1.29, 1.82) is 0 Å². The van der Waals surface area contributed by atoms with Crippen LogP contribution in [0.3, 0.4) is 0 Å². The number of amides is 1. The van der Waals surface area contributed by atoms with Crippen molar-refractivity contribution < 1.29 is 18.4 Å². The van der Waals surface area contributed by atoms with Crippen molar-refractivity contribution in [2.45, 2.75) is 51.7 Å². The van der Waals surface area contributed by atoms with Crippen LogP contribution in [0.25, 0.3) is 0 Å². The maximum absolute atomic E-state index is 14.2. The largest absolute Gasteiger partial charge is 0.390 e. The Labute approximate surface area is 175 Å². The molecule has 0 radical (unpaired) electrons. The molecule has 1 saturated carbocycles. The van der Waals surface area contributed by atoms with E-state index >= 15 is 0 Å². The lowest BCUT2D eigenvalue weighted by Gasteiger charge is -2.27. The van der Waals surface area contributed by atoms with Crippen molar-refractivity contribution in [3.63, 3.8) is 0 Å². The van der Waals surface area contributed by atoms with Crippen molar-refractivity contribution >= 4 is 11.6 Å². The average molecular weight is 412 g/mol. The first-order valence-corrected chi connectivity index (χ1v) is 10.5. The molecule has 0 aromatic heterocycles. The summed E-state index contributed by atoms with van der Waals surface area (Å²) in [5, 5.41) is 4.22. The van der Waals surface area contributed by atoms with Crippen LogP contribution in [0, 0.1) is 24.5 Å². The Kier molecular flexibility index (Phi) is 6.11. The van der Waals surface area contributed by atoms with Crippen molar-refractivity contribution in [1.82, 2.24) is 4.90 Å². The molecule has 4 rings (SSSR count). The molecule has 1 heterocycles. The third-order valence-corrected chi connectivity index (χ3v) is 5.93. The lowest BCUT2D eigenvalue weighted by atomic mass is 10.0. The van der Waals surface area contributed by atoms with Gasteiger partial charge in [-0.1, -0.05) is 53.9 Å². The molecule has 30 heavy (non-hydrogen) atoms. The molecule has 1 aliphatic heterocycles. The highest BCUT2D eigenvalue weighted by Crippen LogP contribution is 2.28. The molecule has 0 bridgehead atoms. The zero-order chi connectivity index (χ0) is 21.1. The Balaban J connectivity index is 1.47. The zero-order valence-corrected chi connectivity index (χ0v) is 17.1. The molecule has 1 atom stereocenters. The monoisotopic (exact) mass is 412 g/mol. The van der Waals surface area contributed by atoms with E-state index < -0.39 is 11.6 Å². The third-order valence-electron chi connectivity index (χ3n) is 5.93. The van der Waals surface area contributed by atoms with E-state index in [-0.39, 0.29) is 24.5 Å². The van der Waals surface area contributed by atoms with E-state index in [1.165, 1.54) is 17.7 Å². The van der Waals surface area contributed by atoms with Gasteiger partial charge in [0.25, 0.3) is 0 Å². The van der Waals surface area contributed by atoms with E-state index in [4.69, 9.17) is 4.84 Å². The van der Waals surface area contributed by atoms with Crippen molar-refractivity contribution in [3.05, 3.63) is 70.8 Å². The van der Waals surface area contributed by atoms with Gasteiger partial charge in [0.1, 0.15) is 11.6 Å². The van der Waals surface area contributed by atoms with Gasteiger partial charge in [0, 0.05) is 30.5 Å². The van der Waals surface area contributed by atoms with Crippen molar-refractivity contribution in [2.24, 2.45) is 11.1 Å². The maximum atomic E-state index is 14.2. The predicted molar refractivity (Wildman–Crippen MR) is 111 cm³/mol. The molecule has 0 saturated heterocycles. The Morgan fingerprint density at radius 2 is 1.87 bits per heavy atom. The quantitative estimate of drug-likeness (QED) is 0.671. The summed E-state index contributed by atoms with van der Waals surface area (Å²) in [7, 11) is 0. The smallest absolute Gasteiger partial charge is 0.226 e. The van der Waals surface area contributed by atoms with Crippen LogP contribution in [0.4, 0.5) is 8.78 Å². The standard InChI is InChI=1S/C24H26F2N2O2/c1-16-6-8-17(9-7-16)23-13-21(30-27-23)15-28(24(29)18-4-2-3-5-18)14-19-10-11-20(25)12-22(19)26/h6-12,18,21H,2-5,13-15H2,1H3/t21-/m0/s1. The highest BCUT2D eigenvalue weighted by atomic mass is 19.1. The topological polar surface area (TPSA) is 41.9 Å². The molecule has 1 amide bonds. The number of benzene rings is 2. The first-order chi connectivity index (χ1) is 14.5. The van der Waals surface area contributed by atoms with E-state index in [2.05, 4.69) is 5.16 Å². The fourth-order valence-electron chi connectivity index (χ4n) is 4.21. The minimum absolute atomic E-state index is 0.0172. The normalized spacial score (nSPS) is 18.9. The summed E-state index contributed by atoms with van der Waals surface area (Å²) < 4.78 is 27.5. The minimum Gasteiger partial charge on any atom is -0.390 e. The predicted octanol–water partition coefficient (Wildman–Crippen LogP) is 4.99. The minimum atomic E-state index is -0.636. The maximum Gasteiger partial charge on any atom is 0.226 e. The van der Waals surface area contributed by atoms with Crippen molar-refractivity contribution in [2.75, 3.05) is 6.54 Å². The van der Waals surface area contributed by atoms with Crippen LogP contribution in [0.5, 0.6) is 0 Å². The summed E-state index contributed by atoms with van der Waals surface area (Å²) in [6, 6.07) is 11.6. The fourth-order valence-corrected chi connectivity index (χ4v) is 4.21. The molecule has 0 unspecified atom stereocenters. The van der Waals surface area contributed by atoms with Gasteiger partial charge in [-0.15, -0.1) is 0 Å². The SMILES string of the molecule is Cc1ccc(C2=NO[C@H](CN(Cc3ccc(F)cc3F)C(=O)C3CCCC3)C2)cc1. The first-order valence-electron chi connectivity index (χ1n) is 10.5. The van der Waals surface area contributed by atoms with Crippen LogP contribution in [0.2, 0.25) is 0 Å². The lowest BCUT2D eigenvalue weighted by molar-refractivity contribution is -0.137. The Morgan fingerprint density at radius 1 is 1.13 bits per heavy atom. The average Bonchev–Trinajstić information content (AvgIpc) is 3.42. The van der Waals surface area contributed by atoms with Gasteiger partial charge in [-0.3, -0.25) is 4.79 Å². The molecule has 2 aliphatic rings. The van der Waals surface area contributed by atoms with Crippen LogP contribution in [-0.4, -0.2) is 29.2 Å². The molecule has 6 heteroatoms. The second kappa shape index (κ2) is 8.94. The van der Waals surface area contributed by atoms with Gasteiger partial charge in [-0.2, -0.15) is 0 Å². The van der Waals surface area contributed by atoms with E-state index in [0.717, 1.165) is 43.0 Å². The number of oxime groups is 1. The number of hydrogen-bond donors (Lipinski definition) is 0. The second-order valence-corrected chi connectivity index (χ2v) is 8.27. The van der Waals surface area contributed by atoms with Gasteiger partial charge >= 0.3 is 0 Å². The number of halogens is 2. The summed E-state index contributed by atoms with van der Waals surface area (Å²) in [6.07, 6.45) is 4.10. The van der Waals surface area contributed by atoms with Gasteiger partial charge in [-0.05, 0) is 31.4 Å². The molecule has 0 spiro atoms. The molecule has 2 aromatic rings. The summed E-state index contributed by atoms with van der Waals surface area (Å²) in [5.41, 5.74) is 3.33. The van der Waals surface area contributed by atoms with Crippen molar-refractivity contribution in [3.8, 4) is 0 Å². The molecule has 158 valence electrons. The number of carbonyl (C=O) groups excluding carboxylic acids is 1. The lowest BCUT2D eigenvalue weighted by Crippen LogP contribution is -2.40. The van der Waals surface area contributed by atoms with Gasteiger partial charge < -0.3 is 9.74 Å². The summed E-state index contributed by atoms with van der Waals surface area (Å²) in [4.78, 5) is 20.4. The number of rotatable bonds is 6. The van der Waals surface area contributed by atoms with E-state index in [1.807, 2.05) is 31.2 Å². The highest BCUT2D eigenvalue weighted by molar-refractivity contribution is 6.01. The Bertz CT molecular complexity index is 937. The molecule has 1 fully saturated rings. The number of hydrogen-bond acceptors (Lipinski definition) is 3. The molecule has 0 N–H and O–H groups in total. The second-order valence-electron chi connectivity index (χ2n) is 8.27. The van der Waals surface area contributed by atoms with Crippen LogP contribution in [0.15, 0.2) is 47.6 Å².